The standard InChI is InChI=1S/C21H22N4O3/c26-18(22-14-5-1-2-6-14)12-25-17-8-4-3-7-15(17)16(11-19(25)27)21-23-20(24-28-21)13-9-10-13/h3-4,7-8,11,13-14H,1-2,5-6,9-10,12H2,(H,22,26). The molecule has 1 aromatic carbocycles. The summed E-state index contributed by atoms with van der Waals surface area (Å²) in [6.45, 7) is 0.00723. The van der Waals surface area contributed by atoms with Crippen molar-refractivity contribution in [2.24, 2.45) is 0 Å². The molecule has 2 aliphatic rings. The van der Waals surface area contributed by atoms with Gasteiger partial charge in [0, 0.05) is 23.4 Å². The molecule has 2 fully saturated rings. The fraction of sp³-hybridized carbons (Fsp3) is 0.429. The molecule has 1 amide bonds. The molecule has 5 rings (SSSR count). The van der Waals surface area contributed by atoms with Crippen LogP contribution in [0.1, 0.15) is 50.3 Å². The lowest BCUT2D eigenvalue weighted by Gasteiger charge is -2.15. The maximum absolute atomic E-state index is 12.8. The second kappa shape index (κ2) is 6.89. The van der Waals surface area contributed by atoms with Gasteiger partial charge in [-0.1, -0.05) is 36.2 Å². The lowest BCUT2D eigenvalue weighted by Crippen LogP contribution is -2.37. The third-order valence-corrected chi connectivity index (χ3v) is 5.66. The molecule has 7 nitrogen and oxygen atoms in total. The van der Waals surface area contributed by atoms with E-state index in [0.717, 1.165) is 43.9 Å². The summed E-state index contributed by atoms with van der Waals surface area (Å²) in [5, 5.41) is 7.93. The average Bonchev–Trinajstić information content (AvgIpc) is 3.21. The molecule has 2 aromatic heterocycles. The number of carbonyl (C=O) groups excluding carboxylic acids is 1. The zero-order valence-electron chi connectivity index (χ0n) is 15.6. The molecule has 2 aliphatic carbocycles. The molecule has 2 saturated carbocycles. The minimum atomic E-state index is -0.249. The largest absolute Gasteiger partial charge is 0.352 e. The number of pyridine rings is 1. The number of hydrogen-bond acceptors (Lipinski definition) is 5. The quantitative estimate of drug-likeness (QED) is 0.737. The third kappa shape index (κ3) is 3.21. The van der Waals surface area contributed by atoms with Gasteiger partial charge in [0.25, 0.3) is 11.4 Å². The Balaban J connectivity index is 1.51. The molecule has 7 heteroatoms. The minimum absolute atomic E-state index is 0.00723. The Labute approximate surface area is 161 Å². The van der Waals surface area contributed by atoms with Crippen LogP contribution in [0.2, 0.25) is 0 Å². The lowest BCUT2D eigenvalue weighted by atomic mass is 10.1. The zero-order valence-corrected chi connectivity index (χ0v) is 15.6. The highest BCUT2D eigenvalue weighted by atomic mass is 16.5. The maximum atomic E-state index is 12.8. The second-order valence-corrected chi connectivity index (χ2v) is 7.78. The van der Waals surface area contributed by atoms with Gasteiger partial charge in [-0.3, -0.25) is 14.2 Å². The molecule has 0 unspecified atom stereocenters. The van der Waals surface area contributed by atoms with Crippen LogP contribution in [0.4, 0.5) is 0 Å². The highest BCUT2D eigenvalue weighted by Gasteiger charge is 2.29. The number of hydrogen-bond donors (Lipinski definition) is 1. The first kappa shape index (κ1) is 17.2. The van der Waals surface area contributed by atoms with Gasteiger partial charge in [-0.15, -0.1) is 0 Å². The summed E-state index contributed by atoms with van der Waals surface area (Å²) < 4.78 is 6.95. The number of nitrogens with one attached hydrogen (secondary N) is 1. The molecule has 0 bridgehead atoms. The molecule has 3 aromatic rings. The van der Waals surface area contributed by atoms with E-state index >= 15 is 0 Å². The van der Waals surface area contributed by atoms with Crippen LogP contribution < -0.4 is 10.9 Å². The van der Waals surface area contributed by atoms with Crippen molar-refractivity contribution in [3.05, 3.63) is 46.5 Å². The fourth-order valence-corrected chi connectivity index (χ4v) is 4.01. The molecule has 28 heavy (non-hydrogen) atoms. The predicted molar refractivity (Wildman–Crippen MR) is 104 cm³/mol. The summed E-state index contributed by atoms with van der Waals surface area (Å²) in [4.78, 5) is 29.8. The number of nitrogens with zero attached hydrogens (tertiary/aromatic N) is 3. The van der Waals surface area contributed by atoms with E-state index in [2.05, 4.69) is 15.5 Å². The zero-order chi connectivity index (χ0) is 19.1. The number of rotatable bonds is 5. The molecular weight excluding hydrogens is 356 g/mol. The second-order valence-electron chi connectivity index (χ2n) is 7.78. The summed E-state index contributed by atoms with van der Waals surface area (Å²) in [5.74, 6) is 1.32. The molecule has 0 aliphatic heterocycles. The number of benzene rings is 1. The predicted octanol–water partition coefficient (Wildman–Crippen LogP) is 2.99. The summed E-state index contributed by atoms with van der Waals surface area (Å²) in [6, 6.07) is 9.25. The Bertz CT molecular complexity index is 1090. The summed E-state index contributed by atoms with van der Waals surface area (Å²) in [5.41, 5.74) is 1.06. The van der Waals surface area contributed by atoms with Crippen molar-refractivity contribution in [3.8, 4) is 11.5 Å². The third-order valence-electron chi connectivity index (χ3n) is 5.66. The van der Waals surface area contributed by atoms with Crippen LogP contribution >= 0.6 is 0 Å². The van der Waals surface area contributed by atoms with Crippen LogP contribution in [0.5, 0.6) is 0 Å². The van der Waals surface area contributed by atoms with Crippen molar-refractivity contribution < 1.29 is 9.32 Å². The van der Waals surface area contributed by atoms with Crippen molar-refractivity contribution in [2.45, 2.75) is 57.0 Å². The van der Waals surface area contributed by atoms with Gasteiger partial charge >= 0.3 is 0 Å². The first-order chi connectivity index (χ1) is 13.7. The Hall–Kier alpha value is -2.96. The van der Waals surface area contributed by atoms with Crippen LogP contribution in [-0.4, -0.2) is 26.7 Å². The summed E-state index contributed by atoms with van der Waals surface area (Å²) in [6.07, 6.45) is 6.49. The van der Waals surface area contributed by atoms with Gasteiger partial charge < -0.3 is 9.84 Å². The molecule has 2 heterocycles. The number of amides is 1. The van der Waals surface area contributed by atoms with Crippen molar-refractivity contribution in [1.82, 2.24) is 20.0 Å². The first-order valence-electron chi connectivity index (χ1n) is 9.95. The highest BCUT2D eigenvalue weighted by Crippen LogP contribution is 2.39. The van der Waals surface area contributed by atoms with Crippen LogP contribution in [0, 0.1) is 0 Å². The van der Waals surface area contributed by atoms with E-state index in [1.54, 1.807) is 0 Å². The van der Waals surface area contributed by atoms with E-state index in [1.807, 2.05) is 24.3 Å². The Kier molecular flexibility index (Phi) is 4.22. The number of para-hydroxylation sites is 1. The van der Waals surface area contributed by atoms with Crippen molar-refractivity contribution in [2.75, 3.05) is 0 Å². The topological polar surface area (TPSA) is 90.0 Å². The van der Waals surface area contributed by atoms with Gasteiger partial charge in [0.15, 0.2) is 5.82 Å². The highest BCUT2D eigenvalue weighted by molar-refractivity contribution is 5.93. The first-order valence-corrected chi connectivity index (χ1v) is 9.95. The number of fused-ring (bicyclic) bond motifs is 1. The molecule has 0 saturated heterocycles. The molecule has 0 spiro atoms. The summed E-state index contributed by atoms with van der Waals surface area (Å²) >= 11 is 0. The van der Waals surface area contributed by atoms with E-state index in [9.17, 15) is 9.59 Å². The SMILES string of the molecule is O=C(Cn1c(=O)cc(-c2nc(C3CC3)no2)c2ccccc21)NC1CCCC1. The van der Waals surface area contributed by atoms with Crippen LogP contribution in [-0.2, 0) is 11.3 Å². The van der Waals surface area contributed by atoms with Crippen molar-refractivity contribution in [1.29, 1.82) is 0 Å². The molecule has 1 N–H and O–H groups in total. The Morgan fingerprint density at radius 1 is 1.18 bits per heavy atom. The van der Waals surface area contributed by atoms with E-state index in [1.165, 1.54) is 10.6 Å². The number of aromatic nitrogens is 3. The normalized spacial score (nSPS) is 17.3. The molecule has 0 atom stereocenters. The Morgan fingerprint density at radius 2 is 1.96 bits per heavy atom. The van der Waals surface area contributed by atoms with Gasteiger partial charge in [-0.2, -0.15) is 4.98 Å². The molecular formula is C21H22N4O3. The summed E-state index contributed by atoms with van der Waals surface area (Å²) in [7, 11) is 0. The molecule has 144 valence electrons. The van der Waals surface area contributed by atoms with Gasteiger partial charge in [-0.25, -0.2) is 0 Å². The maximum Gasteiger partial charge on any atom is 0.258 e. The van der Waals surface area contributed by atoms with Crippen molar-refractivity contribution in [3.63, 3.8) is 0 Å². The number of carbonyl (C=O) groups is 1. The van der Waals surface area contributed by atoms with Gasteiger partial charge in [0.1, 0.15) is 6.54 Å². The Morgan fingerprint density at radius 3 is 2.75 bits per heavy atom. The van der Waals surface area contributed by atoms with Gasteiger partial charge in [0.2, 0.25) is 5.91 Å². The monoisotopic (exact) mass is 378 g/mol. The van der Waals surface area contributed by atoms with Crippen molar-refractivity contribution >= 4 is 16.8 Å². The van der Waals surface area contributed by atoms with Crippen LogP contribution in [0.3, 0.4) is 0 Å². The minimum Gasteiger partial charge on any atom is -0.352 e. The van der Waals surface area contributed by atoms with E-state index in [0.29, 0.717) is 28.7 Å². The lowest BCUT2D eigenvalue weighted by molar-refractivity contribution is -0.122. The van der Waals surface area contributed by atoms with Gasteiger partial charge in [0.05, 0.1) is 11.1 Å². The van der Waals surface area contributed by atoms with E-state index in [-0.39, 0.29) is 24.1 Å². The van der Waals surface area contributed by atoms with E-state index < -0.39 is 0 Å². The molecule has 0 radical (unpaired) electrons. The van der Waals surface area contributed by atoms with Gasteiger partial charge in [-0.05, 0) is 31.7 Å². The average molecular weight is 378 g/mol. The van der Waals surface area contributed by atoms with Crippen LogP contribution in [0.25, 0.3) is 22.4 Å². The van der Waals surface area contributed by atoms with E-state index in [4.69, 9.17) is 4.52 Å². The van der Waals surface area contributed by atoms with Crippen LogP contribution in [0.15, 0.2) is 39.6 Å². The fourth-order valence-electron chi connectivity index (χ4n) is 4.01. The smallest absolute Gasteiger partial charge is 0.258 e.